The van der Waals surface area contributed by atoms with Crippen LogP contribution in [0.1, 0.15) is 27.2 Å². The maximum Gasteiger partial charge on any atom is 0.0315 e. The van der Waals surface area contributed by atoms with Gasteiger partial charge in [0.15, 0.2) is 0 Å². The molecule has 0 amide bonds. The van der Waals surface area contributed by atoms with Gasteiger partial charge in [0.05, 0.1) is 0 Å². The Morgan fingerprint density at radius 1 is 1.27 bits per heavy atom. The minimum atomic E-state index is -0.103. The van der Waals surface area contributed by atoms with Crippen molar-refractivity contribution < 1.29 is 0 Å². The first-order chi connectivity index (χ1) is 4.88. The standard InChI is InChI=1S/C9H18N2/c1-8(2)5-4-6(10)9(3,11)7(5)8/h5-7H,4,10-11H2,1-3H3. The summed E-state index contributed by atoms with van der Waals surface area (Å²) in [5, 5.41) is 0. The highest BCUT2D eigenvalue weighted by atomic mass is 15.0. The molecular weight excluding hydrogens is 136 g/mol. The lowest BCUT2D eigenvalue weighted by Crippen LogP contribution is -2.53. The Hall–Kier alpha value is -0.0800. The van der Waals surface area contributed by atoms with Crippen LogP contribution in [-0.4, -0.2) is 11.6 Å². The summed E-state index contributed by atoms with van der Waals surface area (Å²) in [5.74, 6) is 1.47. The number of fused-ring (bicyclic) bond motifs is 1. The van der Waals surface area contributed by atoms with E-state index in [9.17, 15) is 0 Å². The van der Waals surface area contributed by atoms with Crippen molar-refractivity contribution in [2.45, 2.75) is 38.8 Å². The number of hydrogen-bond donors (Lipinski definition) is 2. The Kier molecular flexibility index (Phi) is 1.13. The van der Waals surface area contributed by atoms with Gasteiger partial charge in [0.2, 0.25) is 0 Å². The third-order valence-corrected chi connectivity index (χ3v) is 4.03. The molecule has 4 unspecified atom stereocenters. The minimum Gasteiger partial charge on any atom is -0.326 e. The zero-order chi connectivity index (χ0) is 8.44. The van der Waals surface area contributed by atoms with Crippen LogP contribution < -0.4 is 11.5 Å². The summed E-state index contributed by atoms with van der Waals surface area (Å²) in [5.41, 5.74) is 12.5. The number of hydrogen-bond acceptors (Lipinski definition) is 2. The third-order valence-electron chi connectivity index (χ3n) is 4.03. The van der Waals surface area contributed by atoms with Crippen molar-refractivity contribution in [3.63, 3.8) is 0 Å². The third kappa shape index (κ3) is 0.695. The second kappa shape index (κ2) is 1.64. The molecule has 0 aromatic heterocycles. The Morgan fingerprint density at radius 2 is 1.82 bits per heavy atom. The van der Waals surface area contributed by atoms with E-state index in [2.05, 4.69) is 20.8 Å². The summed E-state index contributed by atoms with van der Waals surface area (Å²) in [4.78, 5) is 0. The van der Waals surface area contributed by atoms with Gasteiger partial charge >= 0.3 is 0 Å². The molecule has 2 aliphatic carbocycles. The van der Waals surface area contributed by atoms with E-state index in [4.69, 9.17) is 11.5 Å². The van der Waals surface area contributed by atoms with Gasteiger partial charge < -0.3 is 11.5 Å². The zero-order valence-corrected chi connectivity index (χ0v) is 7.59. The molecule has 0 spiro atoms. The maximum atomic E-state index is 6.16. The molecule has 4 N–H and O–H groups in total. The molecule has 2 aliphatic rings. The lowest BCUT2D eigenvalue weighted by molar-refractivity contribution is 0.298. The summed E-state index contributed by atoms with van der Waals surface area (Å²) < 4.78 is 0. The molecular formula is C9H18N2. The van der Waals surface area contributed by atoms with Crippen molar-refractivity contribution in [2.75, 3.05) is 0 Å². The molecule has 0 saturated heterocycles. The smallest absolute Gasteiger partial charge is 0.0315 e. The minimum absolute atomic E-state index is 0.103. The second-order valence-electron chi connectivity index (χ2n) is 5.11. The molecule has 0 aliphatic heterocycles. The van der Waals surface area contributed by atoms with Crippen molar-refractivity contribution in [1.82, 2.24) is 0 Å². The van der Waals surface area contributed by atoms with Crippen LogP contribution in [0.15, 0.2) is 0 Å². The number of nitrogens with two attached hydrogens (primary N) is 2. The monoisotopic (exact) mass is 154 g/mol. The molecule has 4 atom stereocenters. The molecule has 0 bridgehead atoms. The average molecular weight is 154 g/mol. The van der Waals surface area contributed by atoms with Crippen LogP contribution in [-0.2, 0) is 0 Å². The summed E-state index contributed by atoms with van der Waals surface area (Å²) in [6, 6.07) is 0.227. The van der Waals surface area contributed by atoms with Crippen molar-refractivity contribution >= 4 is 0 Å². The first kappa shape index (κ1) is 7.56. The first-order valence-electron chi connectivity index (χ1n) is 4.43. The van der Waals surface area contributed by atoms with E-state index in [1.165, 1.54) is 0 Å². The first-order valence-corrected chi connectivity index (χ1v) is 4.43. The highest BCUT2D eigenvalue weighted by Gasteiger charge is 2.70. The summed E-state index contributed by atoms with van der Waals surface area (Å²) in [6.07, 6.45) is 1.13. The molecule has 2 fully saturated rings. The van der Waals surface area contributed by atoms with Crippen LogP contribution in [0.3, 0.4) is 0 Å². The molecule has 0 aromatic carbocycles. The highest BCUT2D eigenvalue weighted by molar-refractivity contribution is 5.23. The van der Waals surface area contributed by atoms with E-state index in [0.29, 0.717) is 11.3 Å². The van der Waals surface area contributed by atoms with Gasteiger partial charge in [-0.3, -0.25) is 0 Å². The van der Waals surface area contributed by atoms with Gasteiger partial charge in [0.25, 0.3) is 0 Å². The Morgan fingerprint density at radius 3 is 2.09 bits per heavy atom. The SMILES string of the molecule is CC1(C)C2CC(N)C(C)(N)C21. The molecule has 0 aromatic rings. The van der Waals surface area contributed by atoms with E-state index in [1.807, 2.05) is 0 Å². The van der Waals surface area contributed by atoms with Crippen LogP contribution in [0.25, 0.3) is 0 Å². The van der Waals surface area contributed by atoms with Crippen molar-refractivity contribution in [3.8, 4) is 0 Å². The van der Waals surface area contributed by atoms with Gasteiger partial charge in [0, 0.05) is 11.6 Å². The summed E-state index contributed by atoms with van der Waals surface area (Å²) >= 11 is 0. The van der Waals surface area contributed by atoms with Crippen molar-refractivity contribution in [1.29, 1.82) is 0 Å². The quantitative estimate of drug-likeness (QED) is 0.540. The van der Waals surface area contributed by atoms with Gasteiger partial charge in [0.1, 0.15) is 0 Å². The van der Waals surface area contributed by atoms with E-state index in [0.717, 1.165) is 12.3 Å². The zero-order valence-electron chi connectivity index (χ0n) is 7.59. The van der Waals surface area contributed by atoms with E-state index in [1.54, 1.807) is 0 Å². The van der Waals surface area contributed by atoms with Gasteiger partial charge in [-0.2, -0.15) is 0 Å². The fourth-order valence-corrected chi connectivity index (χ4v) is 3.18. The molecule has 0 radical (unpaired) electrons. The lowest BCUT2D eigenvalue weighted by atomic mass is 9.85. The van der Waals surface area contributed by atoms with Crippen molar-refractivity contribution in [3.05, 3.63) is 0 Å². The Bertz CT molecular complexity index is 196. The predicted molar refractivity (Wildman–Crippen MR) is 45.9 cm³/mol. The van der Waals surface area contributed by atoms with Crippen LogP contribution >= 0.6 is 0 Å². The normalized spacial score (nSPS) is 59.2. The topological polar surface area (TPSA) is 52.0 Å². The van der Waals surface area contributed by atoms with Crippen molar-refractivity contribution in [2.24, 2.45) is 28.7 Å². The molecule has 2 heteroatoms. The molecule has 0 heterocycles. The Balaban J connectivity index is 2.24. The van der Waals surface area contributed by atoms with Crippen LogP contribution in [0.4, 0.5) is 0 Å². The molecule has 2 saturated carbocycles. The summed E-state index contributed by atoms with van der Waals surface area (Å²) in [6.45, 7) is 6.72. The Labute approximate surface area is 68.3 Å². The predicted octanol–water partition coefficient (Wildman–Crippen LogP) is 0.707. The van der Waals surface area contributed by atoms with E-state index >= 15 is 0 Å². The largest absolute Gasteiger partial charge is 0.326 e. The molecule has 2 nitrogen and oxygen atoms in total. The molecule has 2 rings (SSSR count). The van der Waals surface area contributed by atoms with Gasteiger partial charge in [-0.25, -0.2) is 0 Å². The van der Waals surface area contributed by atoms with Gasteiger partial charge in [-0.05, 0) is 30.6 Å². The fourth-order valence-electron chi connectivity index (χ4n) is 3.18. The van der Waals surface area contributed by atoms with Gasteiger partial charge in [-0.15, -0.1) is 0 Å². The van der Waals surface area contributed by atoms with Crippen LogP contribution in [0.5, 0.6) is 0 Å². The summed E-state index contributed by atoms with van der Waals surface area (Å²) in [7, 11) is 0. The van der Waals surface area contributed by atoms with Gasteiger partial charge in [-0.1, -0.05) is 13.8 Å². The molecule has 11 heavy (non-hydrogen) atoms. The second-order valence-corrected chi connectivity index (χ2v) is 5.11. The highest BCUT2D eigenvalue weighted by Crippen LogP contribution is 2.69. The lowest BCUT2D eigenvalue weighted by Gasteiger charge is -2.30. The van der Waals surface area contributed by atoms with E-state index in [-0.39, 0.29) is 11.6 Å². The average Bonchev–Trinajstić information content (AvgIpc) is 2.23. The van der Waals surface area contributed by atoms with E-state index < -0.39 is 0 Å². The fraction of sp³-hybridized carbons (Fsp3) is 1.00. The number of rotatable bonds is 0. The molecule has 64 valence electrons. The van der Waals surface area contributed by atoms with Crippen LogP contribution in [0, 0.1) is 17.3 Å². The maximum absolute atomic E-state index is 6.16. The van der Waals surface area contributed by atoms with Crippen LogP contribution in [0.2, 0.25) is 0 Å².